The van der Waals surface area contributed by atoms with Gasteiger partial charge in [0.05, 0.1) is 0 Å². The van der Waals surface area contributed by atoms with Gasteiger partial charge in [-0.15, -0.1) is 0 Å². The normalized spacial score (nSPS) is 13.6. The molecule has 4 nitrogen and oxygen atoms in total. The van der Waals surface area contributed by atoms with E-state index in [2.05, 4.69) is 36.4 Å². The van der Waals surface area contributed by atoms with Crippen molar-refractivity contribution in [2.75, 3.05) is 11.9 Å². The van der Waals surface area contributed by atoms with Crippen molar-refractivity contribution in [1.82, 2.24) is 10.3 Å². The lowest BCUT2D eigenvalue weighted by atomic mass is 10.0. The van der Waals surface area contributed by atoms with Gasteiger partial charge in [-0.3, -0.25) is 4.79 Å². The van der Waals surface area contributed by atoms with Crippen molar-refractivity contribution in [1.29, 1.82) is 0 Å². The lowest BCUT2D eigenvalue weighted by molar-refractivity contribution is 0.0935. The number of hydrogen-bond donors (Lipinski definition) is 2. The zero-order valence-corrected chi connectivity index (χ0v) is 14.1. The van der Waals surface area contributed by atoms with Crippen LogP contribution in [0.4, 0.5) is 5.82 Å². The Morgan fingerprint density at radius 3 is 2.67 bits per heavy atom. The highest BCUT2D eigenvalue weighted by molar-refractivity contribution is 6.29. The van der Waals surface area contributed by atoms with E-state index in [0.29, 0.717) is 22.5 Å². The number of aromatic nitrogens is 1. The Balaban J connectivity index is 2.70. The molecule has 2 unspecified atom stereocenters. The maximum atomic E-state index is 12.3. The summed E-state index contributed by atoms with van der Waals surface area (Å²) in [6, 6.07) is 3.49. The van der Waals surface area contributed by atoms with Crippen LogP contribution in [0.1, 0.15) is 57.3 Å². The number of halogens is 1. The van der Waals surface area contributed by atoms with Crippen molar-refractivity contribution >= 4 is 23.3 Å². The number of rotatable bonds is 8. The van der Waals surface area contributed by atoms with Gasteiger partial charge in [-0.1, -0.05) is 38.8 Å². The van der Waals surface area contributed by atoms with Crippen LogP contribution in [0.15, 0.2) is 12.1 Å². The van der Waals surface area contributed by atoms with Crippen LogP contribution in [0.3, 0.4) is 0 Å². The fourth-order valence-electron chi connectivity index (χ4n) is 2.11. The Labute approximate surface area is 132 Å². The van der Waals surface area contributed by atoms with E-state index in [9.17, 15) is 4.79 Å². The maximum Gasteiger partial charge on any atom is 0.251 e. The maximum absolute atomic E-state index is 12.3. The average Bonchev–Trinajstić information content (AvgIpc) is 2.44. The average molecular weight is 312 g/mol. The Morgan fingerprint density at radius 1 is 1.33 bits per heavy atom. The van der Waals surface area contributed by atoms with E-state index in [0.717, 1.165) is 25.8 Å². The summed E-state index contributed by atoms with van der Waals surface area (Å²) in [6.07, 6.45) is 3.08. The second kappa shape index (κ2) is 8.88. The monoisotopic (exact) mass is 311 g/mol. The molecule has 0 radical (unpaired) electrons. The van der Waals surface area contributed by atoms with E-state index in [-0.39, 0.29) is 11.9 Å². The zero-order chi connectivity index (χ0) is 15.8. The first kappa shape index (κ1) is 17.8. The molecule has 2 atom stereocenters. The third-order valence-corrected chi connectivity index (χ3v) is 3.64. The number of nitrogens with zero attached hydrogens (tertiary/aromatic N) is 1. The van der Waals surface area contributed by atoms with Gasteiger partial charge in [0.1, 0.15) is 11.0 Å². The Hall–Kier alpha value is -1.29. The fraction of sp³-hybridized carbons (Fsp3) is 0.625. The summed E-state index contributed by atoms with van der Waals surface area (Å²) in [5, 5.41) is 6.50. The number of nitrogens with one attached hydrogen (secondary N) is 2. The number of pyridine rings is 1. The van der Waals surface area contributed by atoms with Crippen molar-refractivity contribution in [2.24, 2.45) is 5.92 Å². The number of anilines is 1. The first-order chi connectivity index (χ1) is 9.96. The van der Waals surface area contributed by atoms with Gasteiger partial charge < -0.3 is 10.6 Å². The standard InChI is InChI=1S/C16H26ClN3O/c1-5-7-18-15-10-13(9-14(17)20-15)16(21)19-12(4)8-11(3)6-2/h9-12H,5-8H2,1-4H3,(H,18,20)(H,19,21). The van der Waals surface area contributed by atoms with E-state index in [1.165, 1.54) is 0 Å². The molecule has 5 heteroatoms. The second-order valence-corrected chi connectivity index (χ2v) is 6.00. The summed E-state index contributed by atoms with van der Waals surface area (Å²) in [5.74, 6) is 1.14. The van der Waals surface area contributed by atoms with Gasteiger partial charge in [-0.2, -0.15) is 0 Å². The van der Waals surface area contributed by atoms with E-state index >= 15 is 0 Å². The van der Waals surface area contributed by atoms with Gasteiger partial charge in [0.25, 0.3) is 5.91 Å². The van der Waals surface area contributed by atoms with Crippen LogP contribution in [0.25, 0.3) is 0 Å². The van der Waals surface area contributed by atoms with Crippen molar-refractivity contribution < 1.29 is 4.79 Å². The molecule has 1 aromatic heterocycles. The molecule has 0 spiro atoms. The quantitative estimate of drug-likeness (QED) is 0.710. The van der Waals surface area contributed by atoms with E-state index in [1.54, 1.807) is 12.1 Å². The predicted octanol–water partition coefficient (Wildman–Crippen LogP) is 4.11. The van der Waals surface area contributed by atoms with Crippen molar-refractivity contribution in [3.8, 4) is 0 Å². The van der Waals surface area contributed by atoms with Crippen LogP contribution in [-0.2, 0) is 0 Å². The zero-order valence-electron chi connectivity index (χ0n) is 13.4. The number of amides is 1. The van der Waals surface area contributed by atoms with Gasteiger partial charge in [-0.05, 0) is 37.8 Å². The molecule has 0 bridgehead atoms. The van der Waals surface area contributed by atoms with Crippen LogP contribution in [-0.4, -0.2) is 23.5 Å². The molecule has 0 saturated heterocycles. The summed E-state index contributed by atoms with van der Waals surface area (Å²) >= 11 is 5.99. The van der Waals surface area contributed by atoms with Crippen molar-refractivity contribution in [3.63, 3.8) is 0 Å². The molecule has 21 heavy (non-hydrogen) atoms. The lowest BCUT2D eigenvalue weighted by Crippen LogP contribution is -2.33. The summed E-state index contributed by atoms with van der Waals surface area (Å²) in [6.45, 7) is 9.26. The third kappa shape index (κ3) is 6.34. The molecule has 1 heterocycles. The molecule has 0 aromatic carbocycles. The smallest absolute Gasteiger partial charge is 0.251 e. The molecule has 1 amide bonds. The Bertz CT molecular complexity index is 465. The third-order valence-electron chi connectivity index (χ3n) is 3.44. The van der Waals surface area contributed by atoms with Crippen LogP contribution in [0, 0.1) is 5.92 Å². The van der Waals surface area contributed by atoms with E-state index in [1.807, 2.05) is 6.92 Å². The predicted molar refractivity (Wildman–Crippen MR) is 89.0 cm³/mol. The molecule has 0 fully saturated rings. The fourth-order valence-corrected chi connectivity index (χ4v) is 2.32. The van der Waals surface area contributed by atoms with Gasteiger partial charge in [0.15, 0.2) is 0 Å². The molecule has 0 saturated carbocycles. The molecule has 1 rings (SSSR count). The second-order valence-electron chi connectivity index (χ2n) is 5.61. The number of carbonyl (C=O) groups excluding carboxylic acids is 1. The topological polar surface area (TPSA) is 54.0 Å². The van der Waals surface area contributed by atoms with E-state index in [4.69, 9.17) is 11.6 Å². The van der Waals surface area contributed by atoms with Crippen LogP contribution in [0.2, 0.25) is 5.15 Å². The molecule has 1 aromatic rings. The van der Waals surface area contributed by atoms with Gasteiger partial charge >= 0.3 is 0 Å². The first-order valence-corrected chi connectivity index (χ1v) is 8.06. The molecule has 0 aliphatic heterocycles. The summed E-state index contributed by atoms with van der Waals surface area (Å²) in [7, 11) is 0. The van der Waals surface area contributed by atoms with Gasteiger partial charge in [-0.25, -0.2) is 4.98 Å². The minimum Gasteiger partial charge on any atom is -0.370 e. The minimum atomic E-state index is -0.102. The molecule has 0 aliphatic rings. The molecule has 2 N–H and O–H groups in total. The first-order valence-electron chi connectivity index (χ1n) is 7.68. The highest BCUT2D eigenvalue weighted by Gasteiger charge is 2.13. The lowest BCUT2D eigenvalue weighted by Gasteiger charge is -2.18. The van der Waals surface area contributed by atoms with Gasteiger partial charge in [0, 0.05) is 18.2 Å². The van der Waals surface area contributed by atoms with Gasteiger partial charge in [0.2, 0.25) is 0 Å². The SMILES string of the molecule is CCCNc1cc(C(=O)NC(C)CC(C)CC)cc(Cl)n1. The molecule has 0 aliphatic carbocycles. The molecular formula is C16H26ClN3O. The minimum absolute atomic E-state index is 0.102. The Kier molecular flexibility index (Phi) is 7.51. The summed E-state index contributed by atoms with van der Waals surface area (Å²) in [4.78, 5) is 16.4. The van der Waals surface area contributed by atoms with Crippen molar-refractivity contribution in [3.05, 3.63) is 22.8 Å². The number of hydrogen-bond acceptors (Lipinski definition) is 3. The van der Waals surface area contributed by atoms with Crippen LogP contribution < -0.4 is 10.6 Å². The highest BCUT2D eigenvalue weighted by atomic mass is 35.5. The summed E-state index contributed by atoms with van der Waals surface area (Å²) < 4.78 is 0. The van der Waals surface area contributed by atoms with Crippen LogP contribution in [0.5, 0.6) is 0 Å². The largest absolute Gasteiger partial charge is 0.370 e. The number of carbonyl (C=O) groups is 1. The molecular weight excluding hydrogens is 286 g/mol. The Morgan fingerprint density at radius 2 is 2.05 bits per heavy atom. The van der Waals surface area contributed by atoms with Crippen molar-refractivity contribution in [2.45, 2.75) is 53.0 Å². The van der Waals surface area contributed by atoms with E-state index < -0.39 is 0 Å². The summed E-state index contributed by atoms with van der Waals surface area (Å²) in [5.41, 5.74) is 0.546. The highest BCUT2D eigenvalue weighted by Crippen LogP contribution is 2.16. The molecule has 118 valence electrons. The van der Waals surface area contributed by atoms with Crippen LogP contribution >= 0.6 is 11.6 Å².